The van der Waals surface area contributed by atoms with Crippen molar-refractivity contribution in [2.45, 2.75) is 0 Å². The van der Waals surface area contributed by atoms with E-state index in [1.54, 1.807) is 0 Å². The lowest BCUT2D eigenvalue weighted by Gasteiger charge is -2.12. The van der Waals surface area contributed by atoms with E-state index in [-0.39, 0.29) is 0 Å². The Morgan fingerprint density at radius 3 is 0.758 bits per heavy atom. The molecule has 0 fully saturated rings. The summed E-state index contributed by atoms with van der Waals surface area (Å²) in [6.45, 7) is 0. The predicted octanol–water partition coefficient (Wildman–Crippen LogP) is 11.2. The molecule has 6 nitrogen and oxygen atoms in total. The minimum absolute atomic E-state index is 1.04. The summed E-state index contributed by atoms with van der Waals surface area (Å²) in [5.74, 6) is 0. The predicted molar refractivity (Wildman–Crippen MR) is 260 cm³/mol. The van der Waals surface area contributed by atoms with Gasteiger partial charge in [-0.05, 0) is 127 Å². The van der Waals surface area contributed by atoms with E-state index in [4.69, 9.17) is 0 Å². The SMILES string of the molecule is c1cc(-c2cc[nH+]cc2)cc(-c2c[nH+]c(-c3ccc(-c4[nH+]cc(-c5cccc(-c6cc[nH+]cc6)c5)cc4-c4cccc(-c5cc[nH+]cc5)c4)cc3)c(-c3cccc(-c4cc[nH+]cc4)c3)c2)c1. The van der Waals surface area contributed by atoms with E-state index in [0.717, 1.165) is 89.3 Å². The van der Waals surface area contributed by atoms with E-state index in [1.807, 2.05) is 49.6 Å². The van der Waals surface area contributed by atoms with E-state index < -0.39 is 0 Å². The van der Waals surface area contributed by atoms with Gasteiger partial charge in [0, 0.05) is 70.8 Å². The van der Waals surface area contributed by atoms with E-state index in [9.17, 15) is 0 Å². The fourth-order valence-electron chi connectivity index (χ4n) is 8.87. The molecule has 0 spiro atoms. The lowest BCUT2D eigenvalue weighted by Crippen LogP contribution is -2.10. The molecule has 0 aliphatic carbocycles. The van der Waals surface area contributed by atoms with Crippen LogP contribution < -0.4 is 29.9 Å². The average molecular weight is 851 g/mol. The van der Waals surface area contributed by atoms with Crippen LogP contribution >= 0.6 is 0 Å². The molecule has 6 N–H and O–H groups in total. The molecule has 0 amide bonds. The third-order valence-electron chi connectivity index (χ3n) is 12.3. The van der Waals surface area contributed by atoms with E-state index in [2.05, 4.69) is 224 Å². The van der Waals surface area contributed by atoms with Gasteiger partial charge < -0.3 is 0 Å². The maximum absolute atomic E-state index is 3.78. The first kappa shape index (κ1) is 39.8. The fraction of sp³-hybridized carbons (Fsp3) is 0. The maximum Gasteiger partial charge on any atom is 0.218 e. The van der Waals surface area contributed by atoms with Gasteiger partial charge in [-0.3, -0.25) is 0 Å². The molecule has 11 rings (SSSR count). The molecular formula is C60H46N6+6. The third kappa shape index (κ3) is 8.30. The molecule has 6 heterocycles. The average Bonchev–Trinajstić information content (AvgIpc) is 3.42. The molecule has 6 heteroatoms. The van der Waals surface area contributed by atoms with Crippen LogP contribution in [0.5, 0.6) is 0 Å². The highest BCUT2D eigenvalue weighted by molar-refractivity contribution is 5.88. The number of pyridine rings is 6. The molecule has 0 aliphatic rings. The van der Waals surface area contributed by atoms with Crippen molar-refractivity contribution in [3.05, 3.63) is 244 Å². The summed E-state index contributed by atoms with van der Waals surface area (Å²) in [7, 11) is 0. The van der Waals surface area contributed by atoms with Gasteiger partial charge in [0.25, 0.3) is 0 Å². The molecule has 0 saturated carbocycles. The number of benzene rings is 5. The molecule has 5 aromatic carbocycles. The summed E-state index contributed by atoms with van der Waals surface area (Å²) in [6, 6.07) is 65.6. The summed E-state index contributed by atoms with van der Waals surface area (Å²) in [6.07, 6.45) is 20.0. The van der Waals surface area contributed by atoms with Crippen molar-refractivity contribution in [3.8, 4) is 112 Å². The molecule has 310 valence electrons. The van der Waals surface area contributed by atoms with Gasteiger partial charge in [0.15, 0.2) is 62.0 Å². The van der Waals surface area contributed by atoms with E-state index in [0.29, 0.717) is 0 Å². The van der Waals surface area contributed by atoms with Crippen LogP contribution in [0.15, 0.2) is 244 Å². The van der Waals surface area contributed by atoms with Gasteiger partial charge in [0.05, 0.1) is 11.1 Å². The van der Waals surface area contributed by atoms with Crippen LogP contribution in [-0.2, 0) is 0 Å². The number of aromatic nitrogens is 6. The van der Waals surface area contributed by atoms with Crippen LogP contribution in [-0.4, -0.2) is 0 Å². The number of nitrogens with one attached hydrogen (secondary N) is 6. The zero-order valence-electron chi connectivity index (χ0n) is 36.1. The summed E-state index contributed by atoms with van der Waals surface area (Å²) < 4.78 is 0. The first-order chi connectivity index (χ1) is 32.7. The van der Waals surface area contributed by atoms with Gasteiger partial charge >= 0.3 is 0 Å². The van der Waals surface area contributed by atoms with Gasteiger partial charge in [-0.15, -0.1) is 0 Å². The van der Waals surface area contributed by atoms with Gasteiger partial charge in [-0.1, -0.05) is 72.8 Å². The van der Waals surface area contributed by atoms with Crippen molar-refractivity contribution in [1.29, 1.82) is 0 Å². The lowest BCUT2D eigenvalue weighted by atomic mass is 9.91. The number of hydrogen-bond acceptors (Lipinski definition) is 0. The number of aromatic amines is 6. The zero-order valence-corrected chi connectivity index (χ0v) is 36.1. The highest BCUT2D eigenvalue weighted by Crippen LogP contribution is 2.38. The van der Waals surface area contributed by atoms with Crippen LogP contribution in [0, 0.1) is 0 Å². The Hall–Kier alpha value is -9.00. The van der Waals surface area contributed by atoms with Crippen molar-refractivity contribution < 1.29 is 29.9 Å². The smallest absolute Gasteiger partial charge is 0.218 e. The number of H-pyrrole nitrogens is 6. The fourth-order valence-corrected chi connectivity index (χ4v) is 8.87. The van der Waals surface area contributed by atoms with Crippen molar-refractivity contribution >= 4 is 0 Å². The molecule has 6 aromatic heterocycles. The number of hydrogen-bond donors (Lipinski definition) is 0. The topological polar surface area (TPSA) is 84.8 Å². The molecule has 0 bridgehead atoms. The Balaban J connectivity index is 1.01. The molecule has 0 radical (unpaired) electrons. The van der Waals surface area contributed by atoms with Crippen LogP contribution in [0.25, 0.3) is 112 Å². The molecule has 0 aliphatic heterocycles. The zero-order chi connectivity index (χ0) is 44.1. The first-order valence-electron chi connectivity index (χ1n) is 22.2. The van der Waals surface area contributed by atoms with Crippen LogP contribution in [0.1, 0.15) is 0 Å². The van der Waals surface area contributed by atoms with E-state index >= 15 is 0 Å². The second-order valence-electron chi connectivity index (χ2n) is 16.4. The Morgan fingerprint density at radius 2 is 0.455 bits per heavy atom. The van der Waals surface area contributed by atoms with Crippen molar-refractivity contribution in [1.82, 2.24) is 0 Å². The Bertz CT molecular complexity index is 3220. The summed E-state index contributed by atoms with van der Waals surface area (Å²) in [5.41, 5.74) is 22.5. The van der Waals surface area contributed by atoms with Crippen LogP contribution in [0.2, 0.25) is 0 Å². The Kier molecular flexibility index (Phi) is 10.9. The van der Waals surface area contributed by atoms with Gasteiger partial charge in [-0.2, -0.15) is 0 Å². The van der Waals surface area contributed by atoms with Crippen molar-refractivity contribution in [2.75, 3.05) is 0 Å². The molecule has 0 saturated heterocycles. The molecule has 66 heavy (non-hydrogen) atoms. The lowest BCUT2D eigenvalue weighted by molar-refractivity contribution is -0.378. The van der Waals surface area contributed by atoms with Gasteiger partial charge in [0.1, 0.15) is 0 Å². The second kappa shape index (κ2) is 18.0. The highest BCUT2D eigenvalue weighted by Gasteiger charge is 2.22. The molecule has 0 atom stereocenters. The number of rotatable bonds is 10. The van der Waals surface area contributed by atoms with Crippen LogP contribution in [0.3, 0.4) is 0 Å². The monoisotopic (exact) mass is 850 g/mol. The normalized spacial score (nSPS) is 11.0. The van der Waals surface area contributed by atoms with E-state index in [1.165, 1.54) is 22.3 Å². The quantitative estimate of drug-likeness (QED) is 0.131. The largest absolute Gasteiger partial charge is 0.218 e. The second-order valence-corrected chi connectivity index (χ2v) is 16.4. The molecule has 11 aromatic rings. The third-order valence-corrected chi connectivity index (χ3v) is 12.3. The Morgan fingerprint density at radius 1 is 0.197 bits per heavy atom. The van der Waals surface area contributed by atoms with Crippen LogP contribution in [0.4, 0.5) is 0 Å². The van der Waals surface area contributed by atoms with Crippen molar-refractivity contribution in [3.63, 3.8) is 0 Å². The standard InChI is InChI=1S/C60H40N6/c1-5-47(41-17-25-61-26-18-41)33-51(9-1)55-37-57(53-11-3-7-49(35-53)43-21-29-63-30-22-43)59(65-39-55)45-13-15-46(16-14-45)60-58(54-12-4-8-50(36-54)44-23-31-64-32-24-44)38-56(40-66-60)52-10-2-6-48(34-52)42-19-27-62-28-20-42/h1-40H/p+6. The summed E-state index contributed by atoms with van der Waals surface area (Å²) in [5, 5.41) is 0. The van der Waals surface area contributed by atoms with Gasteiger partial charge in [0.2, 0.25) is 11.4 Å². The minimum Gasteiger partial charge on any atom is -0.218 e. The summed E-state index contributed by atoms with van der Waals surface area (Å²) >= 11 is 0. The van der Waals surface area contributed by atoms with Gasteiger partial charge in [-0.25, -0.2) is 29.9 Å². The Labute approximate surface area is 383 Å². The maximum atomic E-state index is 3.78. The first-order valence-corrected chi connectivity index (χ1v) is 22.2. The van der Waals surface area contributed by atoms with Crippen molar-refractivity contribution in [2.24, 2.45) is 0 Å². The molecular weight excluding hydrogens is 805 g/mol. The highest BCUT2D eigenvalue weighted by atomic mass is 14.7. The summed E-state index contributed by atoms with van der Waals surface area (Å²) in [4.78, 5) is 20.2. The molecule has 0 unspecified atom stereocenters. The minimum atomic E-state index is 1.04.